The maximum atomic E-state index is 13.0. The van der Waals surface area contributed by atoms with Crippen molar-refractivity contribution in [3.63, 3.8) is 0 Å². The van der Waals surface area contributed by atoms with Crippen molar-refractivity contribution < 1.29 is 9.53 Å². The van der Waals surface area contributed by atoms with E-state index in [-0.39, 0.29) is 17.4 Å². The van der Waals surface area contributed by atoms with Gasteiger partial charge in [-0.25, -0.2) is 4.98 Å². The summed E-state index contributed by atoms with van der Waals surface area (Å²) in [6.07, 6.45) is 6.83. The molecule has 3 aliphatic rings. The normalized spacial score (nSPS) is 30.6. The number of H-pyrrole nitrogens is 1. The fraction of sp³-hybridized carbons (Fsp3) is 0.765. The van der Waals surface area contributed by atoms with Crippen molar-refractivity contribution in [2.75, 3.05) is 39.4 Å². The molecule has 2 saturated heterocycles. The molecule has 2 atom stereocenters. The molecule has 1 N–H and O–H groups in total. The van der Waals surface area contributed by atoms with Crippen molar-refractivity contribution in [2.24, 2.45) is 11.3 Å². The fourth-order valence-electron chi connectivity index (χ4n) is 4.37. The van der Waals surface area contributed by atoms with Gasteiger partial charge in [0, 0.05) is 51.2 Å². The van der Waals surface area contributed by atoms with Crippen LogP contribution in [-0.2, 0) is 9.53 Å². The number of hydrogen-bond donors (Lipinski definition) is 1. The van der Waals surface area contributed by atoms with E-state index < -0.39 is 0 Å². The minimum absolute atomic E-state index is 0.192. The number of carbonyl (C=O) groups is 1. The molecule has 2 aliphatic heterocycles. The van der Waals surface area contributed by atoms with Crippen LogP contribution in [0.15, 0.2) is 12.4 Å². The number of carbonyl (C=O) groups excluding carboxylic acids is 1. The monoisotopic (exact) mass is 318 g/mol. The maximum Gasteiger partial charge on any atom is 0.226 e. The Kier molecular flexibility index (Phi) is 3.89. The zero-order chi connectivity index (χ0) is 15.9. The lowest BCUT2D eigenvalue weighted by Gasteiger charge is -2.40. The van der Waals surface area contributed by atoms with Crippen molar-refractivity contribution >= 4 is 5.91 Å². The average molecular weight is 318 g/mol. The quantitative estimate of drug-likeness (QED) is 0.916. The molecule has 0 bridgehead atoms. The van der Waals surface area contributed by atoms with Crippen LogP contribution in [0.4, 0.5) is 0 Å². The number of amides is 1. The van der Waals surface area contributed by atoms with Gasteiger partial charge >= 0.3 is 0 Å². The average Bonchev–Trinajstić information content (AvgIpc) is 3.02. The molecule has 6 heteroatoms. The van der Waals surface area contributed by atoms with Gasteiger partial charge < -0.3 is 14.6 Å². The fourth-order valence-corrected chi connectivity index (χ4v) is 4.37. The first kappa shape index (κ1) is 15.1. The van der Waals surface area contributed by atoms with E-state index in [9.17, 15) is 4.79 Å². The number of hydrogen-bond acceptors (Lipinski definition) is 4. The molecular weight excluding hydrogens is 292 g/mol. The van der Waals surface area contributed by atoms with Gasteiger partial charge in [-0.2, -0.15) is 0 Å². The van der Waals surface area contributed by atoms with Gasteiger partial charge in [0.2, 0.25) is 5.91 Å². The predicted molar refractivity (Wildman–Crippen MR) is 85.7 cm³/mol. The van der Waals surface area contributed by atoms with E-state index in [0.717, 1.165) is 64.5 Å². The number of likely N-dealkylation sites (N-methyl/N-ethyl adjacent to an activating group) is 1. The SMILES string of the molecule is CCN1CCN(C(=O)[C@H]2CC23CCOCC3)C[C@H]1c1ncc[nH]1. The van der Waals surface area contributed by atoms with Crippen LogP contribution in [0.25, 0.3) is 0 Å². The molecule has 1 spiro atoms. The minimum Gasteiger partial charge on any atom is -0.381 e. The topological polar surface area (TPSA) is 61.5 Å². The molecular formula is C17H26N4O2. The van der Waals surface area contributed by atoms with Gasteiger partial charge in [0.25, 0.3) is 0 Å². The first-order valence-corrected chi connectivity index (χ1v) is 8.83. The number of aromatic nitrogens is 2. The minimum atomic E-state index is 0.192. The second-order valence-corrected chi connectivity index (χ2v) is 7.13. The van der Waals surface area contributed by atoms with E-state index in [2.05, 4.69) is 26.7 Å². The summed E-state index contributed by atoms with van der Waals surface area (Å²) in [6, 6.07) is 0.192. The van der Waals surface area contributed by atoms with Crippen molar-refractivity contribution in [3.05, 3.63) is 18.2 Å². The number of ether oxygens (including phenoxy) is 1. The molecule has 0 unspecified atom stereocenters. The third-order valence-electron chi connectivity index (χ3n) is 6.02. The van der Waals surface area contributed by atoms with Gasteiger partial charge in [0.1, 0.15) is 5.82 Å². The predicted octanol–water partition coefficient (Wildman–Crippen LogP) is 1.43. The zero-order valence-electron chi connectivity index (χ0n) is 13.8. The molecule has 1 amide bonds. The maximum absolute atomic E-state index is 13.0. The standard InChI is InChI=1S/C17H26N4O2/c1-2-20-7-8-21(12-14(20)15-18-5-6-19-15)16(22)13-11-17(13)3-9-23-10-4-17/h5-6,13-14H,2-4,7-12H2,1H3,(H,18,19)/t13-,14+/m1/s1. The highest BCUT2D eigenvalue weighted by atomic mass is 16.5. The Balaban J connectivity index is 1.44. The Morgan fingerprint density at radius 1 is 1.43 bits per heavy atom. The van der Waals surface area contributed by atoms with E-state index in [0.29, 0.717) is 5.91 Å². The third kappa shape index (κ3) is 2.68. The second-order valence-electron chi connectivity index (χ2n) is 7.13. The molecule has 126 valence electrons. The highest BCUT2D eigenvalue weighted by molar-refractivity contribution is 5.83. The number of rotatable bonds is 3. The smallest absolute Gasteiger partial charge is 0.226 e. The number of aromatic amines is 1. The second kappa shape index (κ2) is 5.91. The largest absolute Gasteiger partial charge is 0.381 e. The summed E-state index contributed by atoms with van der Waals surface area (Å²) < 4.78 is 5.47. The number of imidazole rings is 1. The number of nitrogens with zero attached hydrogens (tertiary/aromatic N) is 3. The van der Waals surface area contributed by atoms with Gasteiger partial charge in [-0.3, -0.25) is 9.69 Å². The van der Waals surface area contributed by atoms with Gasteiger partial charge in [0.05, 0.1) is 6.04 Å². The van der Waals surface area contributed by atoms with Crippen LogP contribution in [0.3, 0.4) is 0 Å². The molecule has 0 aromatic carbocycles. The molecule has 1 aromatic heterocycles. The lowest BCUT2D eigenvalue weighted by Crippen LogP contribution is -2.51. The first-order valence-electron chi connectivity index (χ1n) is 8.83. The summed E-state index contributed by atoms with van der Waals surface area (Å²) in [6.45, 7) is 7.32. The molecule has 1 aromatic rings. The summed E-state index contributed by atoms with van der Waals surface area (Å²) >= 11 is 0. The van der Waals surface area contributed by atoms with Gasteiger partial charge in [0.15, 0.2) is 0 Å². The van der Waals surface area contributed by atoms with Crippen LogP contribution in [0, 0.1) is 11.3 Å². The Hall–Kier alpha value is -1.40. The van der Waals surface area contributed by atoms with E-state index in [1.54, 1.807) is 6.20 Å². The van der Waals surface area contributed by atoms with E-state index in [1.165, 1.54) is 0 Å². The van der Waals surface area contributed by atoms with Crippen LogP contribution in [0.5, 0.6) is 0 Å². The summed E-state index contributed by atoms with van der Waals surface area (Å²) in [5.74, 6) is 1.57. The van der Waals surface area contributed by atoms with Crippen LogP contribution in [0.2, 0.25) is 0 Å². The number of nitrogens with one attached hydrogen (secondary N) is 1. The molecule has 6 nitrogen and oxygen atoms in total. The Morgan fingerprint density at radius 3 is 2.96 bits per heavy atom. The summed E-state index contributed by atoms with van der Waals surface area (Å²) in [4.78, 5) is 25.1. The molecule has 1 saturated carbocycles. The molecule has 3 heterocycles. The lowest BCUT2D eigenvalue weighted by molar-refractivity contribution is -0.137. The van der Waals surface area contributed by atoms with E-state index >= 15 is 0 Å². The van der Waals surface area contributed by atoms with E-state index in [4.69, 9.17) is 4.74 Å². The van der Waals surface area contributed by atoms with Gasteiger partial charge in [-0.1, -0.05) is 6.92 Å². The third-order valence-corrected chi connectivity index (χ3v) is 6.02. The van der Waals surface area contributed by atoms with E-state index in [1.807, 2.05) is 6.20 Å². The van der Waals surface area contributed by atoms with Crippen molar-refractivity contribution in [1.82, 2.24) is 19.8 Å². The van der Waals surface area contributed by atoms with Gasteiger partial charge in [-0.15, -0.1) is 0 Å². The highest BCUT2D eigenvalue weighted by Gasteiger charge is 2.59. The van der Waals surface area contributed by atoms with Crippen LogP contribution < -0.4 is 0 Å². The Labute approximate surface area is 137 Å². The van der Waals surface area contributed by atoms with Crippen LogP contribution in [-0.4, -0.2) is 65.1 Å². The summed E-state index contributed by atoms with van der Waals surface area (Å²) in [5.41, 5.74) is 0.261. The summed E-state index contributed by atoms with van der Waals surface area (Å²) in [7, 11) is 0. The first-order chi connectivity index (χ1) is 11.2. The summed E-state index contributed by atoms with van der Waals surface area (Å²) in [5, 5.41) is 0. The van der Waals surface area contributed by atoms with Crippen molar-refractivity contribution in [2.45, 2.75) is 32.2 Å². The van der Waals surface area contributed by atoms with Crippen LogP contribution in [0.1, 0.15) is 38.1 Å². The van der Waals surface area contributed by atoms with Crippen molar-refractivity contribution in [1.29, 1.82) is 0 Å². The molecule has 0 radical (unpaired) electrons. The Morgan fingerprint density at radius 2 is 2.26 bits per heavy atom. The van der Waals surface area contributed by atoms with Crippen LogP contribution >= 0.6 is 0 Å². The van der Waals surface area contributed by atoms with Crippen molar-refractivity contribution in [3.8, 4) is 0 Å². The highest BCUT2D eigenvalue weighted by Crippen LogP contribution is 2.59. The molecule has 1 aliphatic carbocycles. The zero-order valence-corrected chi connectivity index (χ0v) is 13.8. The molecule has 3 fully saturated rings. The number of piperazine rings is 1. The van der Waals surface area contributed by atoms with Gasteiger partial charge in [-0.05, 0) is 31.2 Å². The molecule has 4 rings (SSSR count). The Bertz CT molecular complexity index is 553. The lowest BCUT2D eigenvalue weighted by atomic mass is 9.93. The molecule has 23 heavy (non-hydrogen) atoms.